The highest BCUT2D eigenvalue weighted by atomic mass is 16.4. The summed E-state index contributed by atoms with van der Waals surface area (Å²) in [6, 6.07) is 18.2. The molecule has 0 aliphatic carbocycles. The second kappa shape index (κ2) is 37.1. The highest BCUT2D eigenvalue weighted by molar-refractivity contribution is 5.96. The Morgan fingerprint density at radius 2 is 0.822 bits per heavy atom. The Hall–Kier alpha value is -10.6. The molecule has 32 heteroatoms. The molecular formula is C75H100N16O16. The van der Waals surface area contributed by atoms with E-state index in [0.717, 1.165) is 11.1 Å². The molecule has 9 rings (SSSR count). The van der Waals surface area contributed by atoms with Gasteiger partial charge in [0.2, 0.25) is 35.3 Å². The molecule has 0 spiro atoms. The first kappa shape index (κ1) is 80.5. The van der Waals surface area contributed by atoms with Crippen molar-refractivity contribution in [1.82, 2.24) is 80.2 Å². The molecule has 0 bridgehead atoms. The summed E-state index contributed by atoms with van der Waals surface area (Å²) in [5.74, 6) is -6.73. The van der Waals surface area contributed by atoms with Crippen molar-refractivity contribution in [1.29, 1.82) is 0 Å². The molecule has 6 aromatic rings. The van der Waals surface area contributed by atoms with Crippen LogP contribution in [0.2, 0.25) is 0 Å². The number of nitrogens with zero attached hydrogens (tertiary/aromatic N) is 12. The largest absolute Gasteiger partial charge is 0.508 e. The van der Waals surface area contributed by atoms with E-state index in [2.05, 4.69) is 41.7 Å². The fourth-order valence-electron chi connectivity index (χ4n) is 14.0. The van der Waals surface area contributed by atoms with Gasteiger partial charge in [0, 0.05) is 115 Å². The average Bonchev–Trinajstić information content (AvgIpc) is 1.66. The number of hydrogen-bond acceptors (Lipinski definition) is 21. The maximum absolute atomic E-state index is 14.7. The fraction of sp³-hybridized carbons (Fsp3) is 0.507. The first-order valence-corrected chi connectivity index (χ1v) is 36.6. The molecule has 32 nitrogen and oxygen atoms in total. The number of aromatic nitrogens is 6. The zero-order valence-corrected chi connectivity index (χ0v) is 61.7. The summed E-state index contributed by atoms with van der Waals surface area (Å²) in [6.45, 7) is 14.4. The van der Waals surface area contributed by atoms with E-state index in [1.54, 1.807) is 71.4 Å². The number of hydrogen-bond donors (Lipinski definition) is 11. The fourth-order valence-corrected chi connectivity index (χ4v) is 14.0. The maximum atomic E-state index is 14.7. The number of phenols is 4. The van der Waals surface area contributed by atoms with E-state index in [4.69, 9.17) is 0 Å². The minimum Gasteiger partial charge on any atom is -0.508 e. The van der Waals surface area contributed by atoms with Crippen LogP contribution in [0.4, 0.5) is 0 Å². The third kappa shape index (κ3) is 21.4. The van der Waals surface area contributed by atoms with Crippen LogP contribution in [0.3, 0.4) is 0 Å². The standard InChI is InChI=1S/C75H100N16O16/c1-8-76-73(105)70-82-80-68(56-36-54(45(3)4)59(92)39-61(56)94)90(70)52-14-10-48(11-15-52)34-50-18-22-88(23-19-50)64(97)38-58(79-63(96)41-84-26-28-85(42-65(98)99)30-32-87(44-67(102)103)33-31-86(29-27-84)43-66(100)101)72(104)78-47(7)75(107)89-24-20-51(21-25-89)35-49-12-16-53(17-13-49)91-69(81-83-71(91)74(106)77-9-2)57-37-55(46(5)6)60(93)40-62(57)95/h10-17,36-37,39-40,45-47,50-51,58,92-95H,8-9,18-35,38,41-44H2,1-7H3,(H,76,105)(H,77,106)(H,78,104)(H,79,96)(H,98,99)(H,100,101)(H,102,103)/t47-,58+/m1/s1. The Kier molecular flexibility index (Phi) is 27.9. The molecule has 3 saturated heterocycles. The van der Waals surface area contributed by atoms with Crippen molar-refractivity contribution in [2.75, 3.05) is 118 Å². The van der Waals surface area contributed by atoms with E-state index < -0.39 is 65.9 Å². The van der Waals surface area contributed by atoms with Crippen molar-refractivity contribution < 1.29 is 78.9 Å². The lowest BCUT2D eigenvalue weighted by Gasteiger charge is -2.35. The van der Waals surface area contributed by atoms with Crippen LogP contribution >= 0.6 is 0 Å². The number of piperidine rings is 2. The maximum Gasteiger partial charge on any atom is 0.317 e. The monoisotopic (exact) mass is 1480 g/mol. The Balaban J connectivity index is 0.869. The van der Waals surface area contributed by atoms with Crippen molar-refractivity contribution in [3.05, 3.63) is 107 Å². The number of nitrogens with one attached hydrogen (secondary N) is 4. The SMILES string of the molecule is CCNC(=O)c1nnc(-c2cc(C(C)C)c(O)cc2O)n1-c1ccc(CC2CCN(C(=O)C[C@H](NC(=O)CN3CCN(CC(=O)O)CCN(CC(=O)O)CCN(CC(=O)O)CC3)C(=O)N[C@H](C)C(=O)N3CCC(Cc4ccc(-n5c(C(=O)NCC)nnc5-c5cc(C(C)C)c(O)cc5O)cc4)CC3)CC2)cc1. The number of carbonyl (C=O) groups is 9. The summed E-state index contributed by atoms with van der Waals surface area (Å²) in [6.07, 6.45) is 3.25. The van der Waals surface area contributed by atoms with Gasteiger partial charge in [-0.1, -0.05) is 52.0 Å². The lowest BCUT2D eigenvalue weighted by molar-refractivity contribution is -0.141. The van der Waals surface area contributed by atoms with Gasteiger partial charge in [0.25, 0.3) is 11.8 Å². The number of phenolic OH excluding ortho intramolecular Hbond substituents is 4. The molecule has 5 heterocycles. The predicted molar refractivity (Wildman–Crippen MR) is 393 cm³/mol. The Bertz CT molecular complexity index is 4110. The number of aliphatic carboxylic acids is 3. The Morgan fingerprint density at radius 1 is 0.458 bits per heavy atom. The molecule has 0 unspecified atom stereocenters. The van der Waals surface area contributed by atoms with Crippen LogP contribution in [-0.2, 0) is 46.4 Å². The molecule has 0 radical (unpaired) electrons. The molecule has 4 aromatic carbocycles. The van der Waals surface area contributed by atoms with Gasteiger partial charge in [0.15, 0.2) is 11.6 Å². The molecule has 3 fully saturated rings. The van der Waals surface area contributed by atoms with Crippen LogP contribution in [-0.4, -0.2) is 278 Å². The van der Waals surface area contributed by atoms with Crippen molar-refractivity contribution >= 4 is 53.4 Å². The minimum absolute atomic E-state index is 0.000599. The Labute approximate surface area is 620 Å². The van der Waals surface area contributed by atoms with Crippen molar-refractivity contribution in [2.24, 2.45) is 11.8 Å². The second-order valence-corrected chi connectivity index (χ2v) is 28.4. The number of amides is 6. The second-order valence-electron chi connectivity index (χ2n) is 28.4. The van der Waals surface area contributed by atoms with E-state index in [1.807, 2.05) is 76.2 Å². The third-order valence-corrected chi connectivity index (χ3v) is 19.9. The van der Waals surface area contributed by atoms with E-state index >= 15 is 0 Å². The average molecular weight is 1480 g/mol. The highest BCUT2D eigenvalue weighted by Gasteiger charge is 2.35. The first-order valence-electron chi connectivity index (χ1n) is 36.6. The summed E-state index contributed by atoms with van der Waals surface area (Å²) in [7, 11) is 0. The normalized spacial score (nSPS) is 16.3. The number of benzene rings is 4. The molecule has 6 amide bonds. The predicted octanol–water partition coefficient (Wildman–Crippen LogP) is 3.87. The number of aromatic hydroxyl groups is 4. The lowest BCUT2D eigenvalue weighted by Crippen LogP contribution is -2.56. The summed E-state index contributed by atoms with van der Waals surface area (Å²) in [5, 5.41) is 101. The zero-order chi connectivity index (χ0) is 77.3. The van der Waals surface area contributed by atoms with Crippen LogP contribution in [0.25, 0.3) is 34.2 Å². The summed E-state index contributed by atoms with van der Waals surface area (Å²) in [4.78, 5) is 130. The Morgan fingerprint density at radius 3 is 1.18 bits per heavy atom. The minimum atomic E-state index is -1.47. The third-order valence-electron chi connectivity index (χ3n) is 19.9. The number of likely N-dealkylation sites (tertiary alicyclic amines) is 2. The first-order chi connectivity index (χ1) is 51.1. The summed E-state index contributed by atoms with van der Waals surface area (Å²) in [5.41, 5.74) is 4.74. The van der Waals surface area contributed by atoms with Gasteiger partial charge >= 0.3 is 17.9 Å². The van der Waals surface area contributed by atoms with Gasteiger partial charge in [-0.25, -0.2) is 0 Å². The van der Waals surface area contributed by atoms with Gasteiger partial charge in [-0.2, -0.15) is 0 Å². The number of rotatable bonds is 28. The molecule has 0 saturated carbocycles. The quantitative estimate of drug-likeness (QED) is 0.0332. The van der Waals surface area contributed by atoms with Crippen molar-refractivity contribution in [3.8, 4) is 57.1 Å². The molecule has 3 aliphatic heterocycles. The summed E-state index contributed by atoms with van der Waals surface area (Å²) >= 11 is 0. The van der Waals surface area contributed by atoms with Crippen molar-refractivity contribution in [3.63, 3.8) is 0 Å². The van der Waals surface area contributed by atoms with Crippen molar-refractivity contribution in [2.45, 2.75) is 117 Å². The van der Waals surface area contributed by atoms with E-state index in [9.17, 15) is 78.9 Å². The lowest BCUT2D eigenvalue weighted by atomic mass is 9.90. The van der Waals surface area contributed by atoms with Gasteiger partial charge in [-0.05, 0) is 142 Å². The van der Waals surface area contributed by atoms with Gasteiger partial charge < -0.3 is 66.8 Å². The zero-order valence-electron chi connectivity index (χ0n) is 61.7. The van der Waals surface area contributed by atoms with Gasteiger partial charge in [-0.3, -0.25) is 71.9 Å². The van der Waals surface area contributed by atoms with Gasteiger partial charge in [-0.15, -0.1) is 20.4 Å². The molecule has 11 N–H and O–H groups in total. The van der Waals surface area contributed by atoms with Gasteiger partial charge in [0.1, 0.15) is 35.1 Å². The van der Waals surface area contributed by atoms with Crippen LogP contribution < -0.4 is 21.3 Å². The van der Waals surface area contributed by atoms with Crippen LogP contribution in [0.5, 0.6) is 23.0 Å². The topological polar surface area (TPSA) is 424 Å². The molecule has 576 valence electrons. The van der Waals surface area contributed by atoms with E-state index in [0.29, 0.717) is 100 Å². The number of carboxylic acid groups (broad SMARTS) is 3. The van der Waals surface area contributed by atoms with E-state index in [-0.39, 0.29) is 166 Å². The molecule has 2 atom stereocenters. The highest BCUT2D eigenvalue weighted by Crippen LogP contribution is 2.40. The summed E-state index contributed by atoms with van der Waals surface area (Å²) < 4.78 is 3.12. The van der Waals surface area contributed by atoms with E-state index in [1.165, 1.54) is 12.1 Å². The molecular weight excluding hydrogens is 1380 g/mol. The molecule has 2 aromatic heterocycles. The molecule has 107 heavy (non-hydrogen) atoms. The van der Waals surface area contributed by atoms with Crippen LogP contribution in [0.15, 0.2) is 72.8 Å². The van der Waals surface area contributed by atoms with Gasteiger partial charge in [0.05, 0.1) is 43.7 Å². The smallest absolute Gasteiger partial charge is 0.317 e. The molecule has 3 aliphatic rings. The van der Waals surface area contributed by atoms with Crippen LogP contribution in [0, 0.1) is 11.8 Å². The number of carboxylic acids is 3. The van der Waals surface area contributed by atoms with Crippen LogP contribution in [0.1, 0.15) is 136 Å². The number of carbonyl (C=O) groups excluding carboxylic acids is 6.